The summed E-state index contributed by atoms with van der Waals surface area (Å²) in [5, 5.41) is 2.55. The number of rotatable bonds is 6. The number of hydrogen-bond donors (Lipinski definition) is 1. The van der Waals surface area contributed by atoms with E-state index in [1.807, 2.05) is 0 Å². The molecule has 8 heteroatoms. The summed E-state index contributed by atoms with van der Waals surface area (Å²) in [4.78, 5) is 24.1. The molecule has 1 N–H and O–H groups in total. The van der Waals surface area contributed by atoms with Crippen LogP contribution >= 0.6 is 0 Å². The first kappa shape index (κ1) is 18.7. The van der Waals surface area contributed by atoms with Crippen LogP contribution in [0.1, 0.15) is 29.8 Å². The van der Waals surface area contributed by atoms with Gasteiger partial charge in [-0.25, -0.2) is 22.4 Å². The van der Waals surface area contributed by atoms with Gasteiger partial charge in [0.1, 0.15) is 5.57 Å². The van der Waals surface area contributed by atoms with E-state index in [2.05, 4.69) is 10.1 Å². The average molecular weight is 333 g/mol. The lowest BCUT2D eigenvalue weighted by molar-refractivity contribution is -0.138. The Morgan fingerprint density at radius 1 is 1.04 bits per heavy atom. The maximum Gasteiger partial charge on any atom is 0.343 e. The van der Waals surface area contributed by atoms with Crippen molar-refractivity contribution in [2.24, 2.45) is 0 Å². The lowest BCUT2D eigenvalue weighted by Crippen LogP contribution is -2.22. The topological polar surface area (TPSA) is 55.4 Å². The Morgan fingerprint density at radius 3 is 2.13 bits per heavy atom. The summed E-state index contributed by atoms with van der Waals surface area (Å²) in [5.41, 5.74) is -2.45. The van der Waals surface area contributed by atoms with Crippen molar-refractivity contribution in [3.05, 3.63) is 46.2 Å². The maximum atomic E-state index is 13.9. The van der Waals surface area contributed by atoms with Gasteiger partial charge in [-0.15, -0.1) is 0 Å². The Balaban J connectivity index is 3.49. The second-order valence-electron chi connectivity index (χ2n) is 4.42. The first-order valence-electron chi connectivity index (χ1n) is 6.75. The van der Waals surface area contributed by atoms with Crippen molar-refractivity contribution in [1.82, 2.24) is 5.32 Å². The second kappa shape index (κ2) is 7.75. The Bertz CT molecular complexity index is 642. The third-order valence-corrected chi connectivity index (χ3v) is 2.92. The molecule has 0 saturated heterocycles. The molecule has 1 rings (SSSR count). The van der Waals surface area contributed by atoms with Crippen molar-refractivity contribution >= 4 is 11.8 Å². The smallest absolute Gasteiger partial charge is 0.343 e. The van der Waals surface area contributed by atoms with E-state index in [1.54, 1.807) is 6.92 Å². The molecule has 23 heavy (non-hydrogen) atoms. The summed E-state index contributed by atoms with van der Waals surface area (Å²) in [7, 11) is 0. The van der Waals surface area contributed by atoms with E-state index in [4.69, 9.17) is 0 Å². The van der Waals surface area contributed by atoms with Crippen molar-refractivity contribution in [2.75, 3.05) is 13.2 Å². The van der Waals surface area contributed by atoms with Crippen LogP contribution in [0.2, 0.25) is 0 Å². The number of halogens is 4. The van der Waals surface area contributed by atoms with Gasteiger partial charge in [-0.3, -0.25) is 4.79 Å². The SMILES string of the molecule is CCNC=C(C(=O)OCC)C(=O)c1c(C)c(F)c(F)c(F)c1F. The number of benzene rings is 1. The van der Waals surface area contributed by atoms with Crippen LogP contribution in [0.4, 0.5) is 17.6 Å². The molecule has 4 nitrogen and oxygen atoms in total. The van der Waals surface area contributed by atoms with Gasteiger partial charge in [0.15, 0.2) is 23.3 Å². The fraction of sp³-hybridized carbons (Fsp3) is 0.333. The lowest BCUT2D eigenvalue weighted by atomic mass is 9.97. The predicted molar refractivity (Wildman–Crippen MR) is 73.7 cm³/mol. The molecule has 0 heterocycles. The highest BCUT2D eigenvalue weighted by Crippen LogP contribution is 2.26. The average Bonchev–Trinajstić information content (AvgIpc) is 2.52. The summed E-state index contributed by atoms with van der Waals surface area (Å²) in [6, 6.07) is 0. The number of Topliss-reactive ketones (excluding diaryl/α,β-unsaturated/α-hetero) is 1. The zero-order valence-corrected chi connectivity index (χ0v) is 12.7. The molecule has 0 radical (unpaired) electrons. The first-order valence-corrected chi connectivity index (χ1v) is 6.75. The number of hydrogen-bond acceptors (Lipinski definition) is 4. The van der Waals surface area contributed by atoms with Crippen LogP contribution < -0.4 is 5.32 Å². The van der Waals surface area contributed by atoms with Crippen LogP contribution in [-0.2, 0) is 9.53 Å². The molecular weight excluding hydrogens is 318 g/mol. The van der Waals surface area contributed by atoms with E-state index in [0.717, 1.165) is 13.1 Å². The predicted octanol–water partition coefficient (Wildman–Crippen LogP) is 2.79. The molecule has 126 valence electrons. The number of nitrogens with one attached hydrogen (secondary N) is 1. The van der Waals surface area contributed by atoms with Gasteiger partial charge in [-0.2, -0.15) is 0 Å². The Hall–Kier alpha value is -2.38. The number of ether oxygens (including phenoxy) is 1. The minimum absolute atomic E-state index is 0.0663. The van der Waals surface area contributed by atoms with E-state index >= 15 is 0 Å². The van der Waals surface area contributed by atoms with E-state index in [0.29, 0.717) is 6.54 Å². The highest BCUT2D eigenvalue weighted by molar-refractivity contribution is 6.24. The number of carbonyl (C=O) groups is 2. The van der Waals surface area contributed by atoms with Crippen LogP contribution in [0.15, 0.2) is 11.8 Å². The van der Waals surface area contributed by atoms with Crippen LogP contribution in [0.5, 0.6) is 0 Å². The molecule has 0 aliphatic rings. The molecular formula is C15H15F4NO3. The van der Waals surface area contributed by atoms with E-state index < -0.39 is 51.7 Å². The van der Waals surface area contributed by atoms with Crippen LogP contribution in [0.25, 0.3) is 0 Å². The monoisotopic (exact) mass is 333 g/mol. The van der Waals surface area contributed by atoms with Crippen LogP contribution in [-0.4, -0.2) is 24.9 Å². The van der Waals surface area contributed by atoms with E-state index in [9.17, 15) is 27.2 Å². The maximum absolute atomic E-state index is 13.9. The Kier molecular flexibility index (Phi) is 6.29. The van der Waals surface area contributed by atoms with Gasteiger partial charge in [0, 0.05) is 18.3 Å². The van der Waals surface area contributed by atoms with Crippen molar-refractivity contribution in [2.45, 2.75) is 20.8 Å². The number of esters is 1. The molecule has 1 aromatic carbocycles. The van der Waals surface area contributed by atoms with Gasteiger partial charge in [0.25, 0.3) is 0 Å². The molecule has 0 aliphatic heterocycles. The van der Waals surface area contributed by atoms with Crippen LogP contribution in [0, 0.1) is 30.2 Å². The first-order chi connectivity index (χ1) is 10.8. The van der Waals surface area contributed by atoms with E-state index in [1.165, 1.54) is 6.92 Å². The van der Waals surface area contributed by atoms with Crippen LogP contribution in [0.3, 0.4) is 0 Å². The van der Waals surface area contributed by atoms with Crippen molar-refractivity contribution < 1.29 is 31.9 Å². The molecule has 0 unspecified atom stereocenters. The highest BCUT2D eigenvalue weighted by atomic mass is 19.2. The zero-order valence-electron chi connectivity index (χ0n) is 12.7. The minimum Gasteiger partial charge on any atom is -0.462 e. The summed E-state index contributed by atoms with van der Waals surface area (Å²) >= 11 is 0. The molecule has 0 saturated carbocycles. The third kappa shape index (κ3) is 3.69. The lowest BCUT2D eigenvalue weighted by Gasteiger charge is -2.12. The van der Waals surface area contributed by atoms with Crippen molar-refractivity contribution in [3.63, 3.8) is 0 Å². The largest absolute Gasteiger partial charge is 0.462 e. The minimum atomic E-state index is -2.12. The van der Waals surface area contributed by atoms with Gasteiger partial charge < -0.3 is 10.1 Å². The van der Waals surface area contributed by atoms with Gasteiger partial charge in [0.2, 0.25) is 5.78 Å². The molecule has 0 bridgehead atoms. The quantitative estimate of drug-likeness (QED) is 0.127. The normalized spacial score (nSPS) is 11.3. The molecule has 0 fully saturated rings. The third-order valence-electron chi connectivity index (χ3n) is 2.92. The molecule has 0 aliphatic carbocycles. The Morgan fingerprint density at radius 2 is 1.61 bits per heavy atom. The second-order valence-corrected chi connectivity index (χ2v) is 4.42. The van der Waals surface area contributed by atoms with Gasteiger partial charge in [-0.1, -0.05) is 0 Å². The molecule has 0 amide bonds. The number of carbonyl (C=O) groups excluding carboxylic acids is 2. The molecule has 0 atom stereocenters. The number of ketones is 1. The molecule has 1 aromatic rings. The molecule has 0 aromatic heterocycles. The zero-order chi connectivity index (χ0) is 17.7. The van der Waals surface area contributed by atoms with Gasteiger partial charge in [-0.05, 0) is 20.8 Å². The van der Waals surface area contributed by atoms with Gasteiger partial charge in [0.05, 0.1) is 12.2 Å². The summed E-state index contributed by atoms with van der Waals surface area (Å²) in [6.45, 7) is 4.31. The van der Waals surface area contributed by atoms with Crippen molar-refractivity contribution in [3.8, 4) is 0 Å². The summed E-state index contributed by atoms with van der Waals surface area (Å²) < 4.78 is 58.6. The summed E-state index contributed by atoms with van der Waals surface area (Å²) in [6.07, 6.45) is 0.957. The highest BCUT2D eigenvalue weighted by Gasteiger charge is 2.31. The summed E-state index contributed by atoms with van der Waals surface area (Å²) in [5.74, 6) is -10.1. The standard InChI is InChI=1S/C15H15F4NO3/c1-4-20-6-8(15(22)23-5-2)14(21)9-7(3)10(16)12(18)13(19)11(9)17/h6,20H,4-5H2,1-3H3. The molecule has 0 spiro atoms. The van der Waals surface area contributed by atoms with Crippen molar-refractivity contribution in [1.29, 1.82) is 0 Å². The fourth-order valence-corrected chi connectivity index (χ4v) is 1.78. The fourth-order valence-electron chi connectivity index (χ4n) is 1.78. The Labute approximate surface area is 130 Å². The van der Waals surface area contributed by atoms with Gasteiger partial charge >= 0.3 is 5.97 Å². The van der Waals surface area contributed by atoms with E-state index in [-0.39, 0.29) is 6.61 Å².